The Morgan fingerprint density at radius 2 is 1.74 bits per heavy atom. The van der Waals surface area contributed by atoms with E-state index in [1.807, 2.05) is 6.92 Å². The van der Waals surface area contributed by atoms with E-state index in [2.05, 4.69) is 13.8 Å². The highest BCUT2D eigenvalue weighted by atomic mass is 16.4. The maximum atomic E-state index is 12.9. The second-order valence-electron chi connectivity index (χ2n) is 11.1. The summed E-state index contributed by atoms with van der Waals surface area (Å²) in [5.41, 5.74) is -0.262. The van der Waals surface area contributed by atoms with Gasteiger partial charge in [0.15, 0.2) is 0 Å². The normalized spacial score (nSPS) is 52.0. The summed E-state index contributed by atoms with van der Waals surface area (Å²) in [5.74, 6) is 1.86. The molecule has 0 heterocycles. The van der Waals surface area contributed by atoms with Gasteiger partial charge in [-0.05, 0) is 85.9 Å². The van der Waals surface area contributed by atoms with Crippen molar-refractivity contribution in [2.24, 2.45) is 39.9 Å². The molecule has 2 N–H and O–H groups in total. The summed E-state index contributed by atoms with van der Waals surface area (Å²) in [5, 5.41) is 19.8. The van der Waals surface area contributed by atoms with E-state index in [9.17, 15) is 14.7 Å². The zero-order valence-electron chi connectivity index (χ0n) is 17.2. The lowest BCUT2D eigenvalue weighted by Crippen LogP contribution is -2.57. The zero-order chi connectivity index (χ0) is 19.6. The first-order valence-corrected chi connectivity index (χ1v) is 11.0. The summed E-state index contributed by atoms with van der Waals surface area (Å²) in [4.78, 5) is 24.1. The predicted molar refractivity (Wildman–Crippen MR) is 103 cm³/mol. The van der Waals surface area contributed by atoms with Crippen molar-refractivity contribution in [3.05, 3.63) is 0 Å². The van der Waals surface area contributed by atoms with Gasteiger partial charge in [0.1, 0.15) is 5.78 Å². The predicted octanol–water partition coefficient (Wildman–Crippen LogP) is 4.44. The molecule has 0 amide bonds. The first kappa shape index (κ1) is 19.4. The molecule has 4 rings (SSSR count). The molecule has 152 valence electrons. The minimum atomic E-state index is -0.800. The van der Waals surface area contributed by atoms with Crippen LogP contribution in [-0.2, 0) is 9.59 Å². The molecule has 4 aliphatic rings. The highest BCUT2D eigenvalue weighted by molar-refractivity contribution is 5.86. The summed E-state index contributed by atoms with van der Waals surface area (Å²) in [6.45, 7) is 6.74. The van der Waals surface area contributed by atoms with Crippen molar-refractivity contribution < 1.29 is 19.8 Å². The number of fused-ring (bicyclic) bond motifs is 5. The minimum Gasteiger partial charge on any atom is -0.481 e. The topological polar surface area (TPSA) is 74.6 Å². The van der Waals surface area contributed by atoms with Gasteiger partial charge in [0.25, 0.3) is 0 Å². The second kappa shape index (κ2) is 6.30. The number of Topliss-reactive ketones (excluding diaryl/α,β-unsaturated/α-hetero) is 1. The Balaban J connectivity index is 1.61. The molecule has 4 heteroatoms. The van der Waals surface area contributed by atoms with E-state index in [1.54, 1.807) is 0 Å². The summed E-state index contributed by atoms with van der Waals surface area (Å²) >= 11 is 0. The maximum absolute atomic E-state index is 12.9. The Hall–Kier alpha value is -0.900. The Labute approximate surface area is 163 Å². The van der Waals surface area contributed by atoms with Crippen LogP contribution in [0.4, 0.5) is 0 Å². The van der Waals surface area contributed by atoms with Crippen LogP contribution in [0.15, 0.2) is 0 Å². The summed E-state index contributed by atoms with van der Waals surface area (Å²) in [6, 6.07) is 0. The van der Waals surface area contributed by atoms with Crippen LogP contribution in [0.5, 0.6) is 0 Å². The summed E-state index contributed by atoms with van der Waals surface area (Å²) in [6.07, 6.45) is 8.58. The first-order chi connectivity index (χ1) is 12.6. The van der Waals surface area contributed by atoms with Crippen molar-refractivity contribution in [2.75, 3.05) is 0 Å². The van der Waals surface area contributed by atoms with E-state index in [0.29, 0.717) is 42.3 Å². The van der Waals surface area contributed by atoms with Gasteiger partial charge >= 0.3 is 5.97 Å². The lowest BCUT2D eigenvalue weighted by molar-refractivity contribution is -0.161. The SMILES string of the molecule is C[C@]1(CCC(=O)O)C[C@@]2(C)C(CC[C@H]3[C@@H]4CC[C@H](O)[C@@]4(C)CC[C@@H]32)CC1=O. The molecule has 27 heavy (non-hydrogen) atoms. The first-order valence-electron chi connectivity index (χ1n) is 11.0. The zero-order valence-corrected chi connectivity index (χ0v) is 17.2. The monoisotopic (exact) mass is 376 g/mol. The molecule has 0 saturated heterocycles. The molecular weight excluding hydrogens is 340 g/mol. The van der Waals surface area contributed by atoms with Crippen LogP contribution in [0.1, 0.15) is 85.0 Å². The van der Waals surface area contributed by atoms with Crippen LogP contribution in [0.3, 0.4) is 0 Å². The van der Waals surface area contributed by atoms with Crippen LogP contribution in [-0.4, -0.2) is 28.1 Å². The Bertz CT molecular complexity index is 644. The summed E-state index contributed by atoms with van der Waals surface area (Å²) in [7, 11) is 0. The largest absolute Gasteiger partial charge is 0.481 e. The fourth-order valence-electron chi connectivity index (χ4n) is 8.14. The number of aliphatic hydroxyl groups is 1. The van der Waals surface area contributed by atoms with Gasteiger partial charge in [-0.25, -0.2) is 0 Å². The van der Waals surface area contributed by atoms with Crippen LogP contribution < -0.4 is 0 Å². The van der Waals surface area contributed by atoms with E-state index in [4.69, 9.17) is 5.11 Å². The average Bonchev–Trinajstić information content (AvgIpc) is 2.90. The van der Waals surface area contributed by atoms with Crippen LogP contribution in [0.25, 0.3) is 0 Å². The smallest absolute Gasteiger partial charge is 0.303 e. The molecule has 0 aromatic carbocycles. The van der Waals surface area contributed by atoms with Crippen LogP contribution >= 0.6 is 0 Å². The molecule has 8 atom stereocenters. The van der Waals surface area contributed by atoms with E-state index >= 15 is 0 Å². The standard InChI is InChI=1S/C23H36O4/c1-21(10-9-20(26)27)13-23(3)14(12-19(21)25)4-5-15-16-6-7-18(24)22(16,2)11-8-17(15)23/h14-18,24H,4-13H2,1-3H3,(H,26,27)/t14?,15-,16-,17-,18-,21-,22-,23-/m0/s1. The quantitative estimate of drug-likeness (QED) is 0.763. The van der Waals surface area contributed by atoms with Crippen molar-refractivity contribution in [3.8, 4) is 0 Å². The van der Waals surface area contributed by atoms with Crippen molar-refractivity contribution in [3.63, 3.8) is 0 Å². The van der Waals surface area contributed by atoms with Crippen LogP contribution in [0, 0.1) is 39.9 Å². The molecular formula is C23H36O4. The molecule has 4 fully saturated rings. The number of aliphatic hydroxyl groups excluding tert-OH is 1. The molecule has 0 aliphatic heterocycles. The second-order valence-corrected chi connectivity index (χ2v) is 11.1. The molecule has 0 bridgehead atoms. The van der Waals surface area contributed by atoms with Gasteiger partial charge in [0.2, 0.25) is 0 Å². The van der Waals surface area contributed by atoms with E-state index in [0.717, 1.165) is 38.5 Å². The van der Waals surface area contributed by atoms with Crippen molar-refractivity contribution in [2.45, 2.75) is 91.1 Å². The Kier molecular flexibility index (Phi) is 4.53. The van der Waals surface area contributed by atoms with Gasteiger partial charge in [-0.15, -0.1) is 0 Å². The summed E-state index contributed by atoms with van der Waals surface area (Å²) < 4.78 is 0. The van der Waals surface area contributed by atoms with Gasteiger partial charge in [0, 0.05) is 18.3 Å². The third-order valence-corrected chi connectivity index (χ3v) is 9.78. The lowest BCUT2D eigenvalue weighted by Gasteiger charge is -2.62. The molecule has 0 aromatic heterocycles. The lowest BCUT2D eigenvalue weighted by atomic mass is 9.42. The highest BCUT2D eigenvalue weighted by Crippen LogP contribution is 2.67. The maximum Gasteiger partial charge on any atom is 0.303 e. The molecule has 4 aliphatic carbocycles. The highest BCUT2D eigenvalue weighted by Gasteiger charge is 2.62. The molecule has 0 spiro atoms. The third kappa shape index (κ3) is 2.81. The number of carbonyl (C=O) groups excluding carboxylic acids is 1. The fraction of sp³-hybridized carbons (Fsp3) is 0.913. The Morgan fingerprint density at radius 3 is 2.44 bits per heavy atom. The molecule has 4 nitrogen and oxygen atoms in total. The number of carboxylic acids is 1. The number of carbonyl (C=O) groups is 2. The van der Waals surface area contributed by atoms with Gasteiger partial charge in [-0.1, -0.05) is 20.8 Å². The van der Waals surface area contributed by atoms with E-state index in [-0.39, 0.29) is 23.4 Å². The van der Waals surface area contributed by atoms with Crippen molar-refractivity contribution >= 4 is 11.8 Å². The molecule has 4 saturated carbocycles. The number of ketones is 1. The van der Waals surface area contributed by atoms with Crippen molar-refractivity contribution in [1.82, 2.24) is 0 Å². The number of hydrogen-bond donors (Lipinski definition) is 2. The van der Waals surface area contributed by atoms with Gasteiger partial charge in [-0.3, -0.25) is 9.59 Å². The number of rotatable bonds is 3. The van der Waals surface area contributed by atoms with Gasteiger partial charge in [0.05, 0.1) is 6.10 Å². The van der Waals surface area contributed by atoms with Gasteiger partial charge in [-0.2, -0.15) is 0 Å². The van der Waals surface area contributed by atoms with E-state index < -0.39 is 11.4 Å². The average molecular weight is 377 g/mol. The van der Waals surface area contributed by atoms with E-state index in [1.165, 1.54) is 6.42 Å². The number of aliphatic carboxylic acids is 1. The minimum absolute atomic E-state index is 0.0848. The van der Waals surface area contributed by atoms with Gasteiger partial charge < -0.3 is 10.2 Å². The third-order valence-electron chi connectivity index (χ3n) is 9.78. The molecule has 1 unspecified atom stereocenters. The van der Waals surface area contributed by atoms with Crippen molar-refractivity contribution in [1.29, 1.82) is 0 Å². The fourth-order valence-corrected chi connectivity index (χ4v) is 8.14. The van der Waals surface area contributed by atoms with Crippen LogP contribution in [0.2, 0.25) is 0 Å². The molecule has 0 aromatic rings. The number of carboxylic acid groups (broad SMARTS) is 1. The Morgan fingerprint density at radius 1 is 1.04 bits per heavy atom. The number of hydrogen-bond acceptors (Lipinski definition) is 3. The molecule has 0 radical (unpaired) electrons.